The monoisotopic (exact) mass is 332 g/mol. The van der Waals surface area contributed by atoms with E-state index in [1.165, 1.54) is 10.9 Å². The molecule has 3 rings (SSSR count). The summed E-state index contributed by atoms with van der Waals surface area (Å²) in [6.45, 7) is 3.28. The van der Waals surface area contributed by atoms with E-state index in [4.69, 9.17) is 16.1 Å². The number of carbonyl (C=O) groups excluding carboxylic acids is 1. The lowest BCUT2D eigenvalue weighted by Gasteiger charge is -2.10. The summed E-state index contributed by atoms with van der Waals surface area (Å²) in [5.74, 6) is -0.354. The molecule has 0 bridgehead atoms. The first-order chi connectivity index (χ1) is 11.0. The molecular weight excluding hydrogens is 320 g/mol. The first-order valence-electron chi connectivity index (χ1n) is 6.83. The number of fused-ring (bicyclic) bond motifs is 1. The molecule has 0 aliphatic carbocycles. The van der Waals surface area contributed by atoms with Crippen LogP contribution in [0.4, 0.5) is 5.69 Å². The topological polar surface area (TPSA) is 90.0 Å². The lowest BCUT2D eigenvalue weighted by atomic mass is 10.2. The van der Waals surface area contributed by atoms with Crippen molar-refractivity contribution in [2.24, 2.45) is 0 Å². The van der Waals surface area contributed by atoms with Crippen molar-refractivity contribution < 1.29 is 9.32 Å². The average molecular weight is 333 g/mol. The van der Waals surface area contributed by atoms with Crippen molar-refractivity contribution in [3.05, 3.63) is 51.2 Å². The van der Waals surface area contributed by atoms with Gasteiger partial charge in [-0.1, -0.05) is 22.8 Å². The smallest absolute Gasteiger partial charge is 0.267 e. The van der Waals surface area contributed by atoms with Crippen molar-refractivity contribution in [3.63, 3.8) is 0 Å². The van der Waals surface area contributed by atoms with E-state index in [-0.39, 0.29) is 29.1 Å². The third-order valence-corrected chi connectivity index (χ3v) is 3.90. The zero-order valence-electron chi connectivity index (χ0n) is 12.5. The van der Waals surface area contributed by atoms with E-state index in [9.17, 15) is 9.59 Å². The Morgan fingerprint density at radius 1 is 1.39 bits per heavy atom. The van der Waals surface area contributed by atoms with Crippen molar-refractivity contribution in [3.8, 4) is 0 Å². The Morgan fingerprint density at radius 3 is 2.96 bits per heavy atom. The third kappa shape index (κ3) is 2.83. The standard InChI is InChI=1S/C15H13ClN4O3/c1-8-10(16)4-3-5-11(8)18-12(21)6-20-7-17-14-13(15(20)22)9(2)19-23-14/h3-5,7H,6H2,1-2H3,(H,18,21). The maximum atomic E-state index is 12.3. The molecule has 0 radical (unpaired) electrons. The number of carbonyl (C=O) groups is 1. The van der Waals surface area contributed by atoms with Gasteiger partial charge in [-0.05, 0) is 31.5 Å². The maximum Gasteiger partial charge on any atom is 0.267 e. The molecule has 0 aliphatic rings. The minimum Gasteiger partial charge on any atom is -0.335 e. The second kappa shape index (κ2) is 5.85. The zero-order valence-corrected chi connectivity index (χ0v) is 13.2. The second-order valence-corrected chi connectivity index (χ2v) is 5.49. The number of anilines is 1. The molecule has 2 aromatic heterocycles. The lowest BCUT2D eigenvalue weighted by Crippen LogP contribution is -2.28. The summed E-state index contributed by atoms with van der Waals surface area (Å²) in [5, 5.41) is 7.27. The van der Waals surface area contributed by atoms with Crippen LogP contribution < -0.4 is 10.9 Å². The molecule has 7 nitrogen and oxygen atoms in total. The molecular formula is C15H13ClN4O3. The van der Waals surface area contributed by atoms with Gasteiger partial charge in [0.15, 0.2) is 0 Å². The fourth-order valence-electron chi connectivity index (χ4n) is 2.21. The molecule has 23 heavy (non-hydrogen) atoms. The zero-order chi connectivity index (χ0) is 16.6. The molecule has 1 amide bonds. The van der Waals surface area contributed by atoms with E-state index in [2.05, 4.69) is 15.5 Å². The molecule has 0 saturated carbocycles. The summed E-state index contributed by atoms with van der Waals surface area (Å²) < 4.78 is 6.13. The van der Waals surface area contributed by atoms with Crippen LogP contribution in [0.5, 0.6) is 0 Å². The van der Waals surface area contributed by atoms with Gasteiger partial charge in [0.05, 0.1) is 5.69 Å². The van der Waals surface area contributed by atoms with Crippen LogP contribution in [-0.4, -0.2) is 20.6 Å². The van der Waals surface area contributed by atoms with Crippen molar-refractivity contribution in [2.45, 2.75) is 20.4 Å². The fourth-order valence-corrected chi connectivity index (χ4v) is 2.38. The van der Waals surface area contributed by atoms with Crippen LogP contribution in [0.2, 0.25) is 5.02 Å². The largest absolute Gasteiger partial charge is 0.335 e. The lowest BCUT2D eigenvalue weighted by molar-refractivity contribution is -0.116. The first-order valence-corrected chi connectivity index (χ1v) is 7.21. The normalized spacial score (nSPS) is 10.9. The van der Waals surface area contributed by atoms with Gasteiger partial charge in [-0.3, -0.25) is 14.2 Å². The number of aromatic nitrogens is 3. The van der Waals surface area contributed by atoms with Gasteiger partial charge in [0.2, 0.25) is 5.91 Å². The molecule has 1 aromatic carbocycles. The van der Waals surface area contributed by atoms with Gasteiger partial charge in [-0.25, -0.2) is 4.98 Å². The fraction of sp³-hybridized carbons (Fsp3) is 0.200. The van der Waals surface area contributed by atoms with Crippen LogP contribution >= 0.6 is 11.6 Å². The molecule has 2 heterocycles. The quantitative estimate of drug-likeness (QED) is 0.794. The van der Waals surface area contributed by atoms with Crippen LogP contribution in [0.15, 0.2) is 33.8 Å². The number of nitrogens with zero attached hydrogens (tertiary/aromatic N) is 3. The minimum atomic E-state index is -0.369. The van der Waals surface area contributed by atoms with Crippen molar-refractivity contribution >= 4 is 34.3 Å². The highest BCUT2D eigenvalue weighted by molar-refractivity contribution is 6.31. The summed E-state index contributed by atoms with van der Waals surface area (Å²) in [5.41, 5.74) is 1.60. The third-order valence-electron chi connectivity index (χ3n) is 3.49. The molecule has 0 saturated heterocycles. The highest BCUT2D eigenvalue weighted by Crippen LogP contribution is 2.22. The molecule has 0 unspecified atom stereocenters. The Bertz CT molecular complexity index is 961. The minimum absolute atomic E-state index is 0.162. The van der Waals surface area contributed by atoms with E-state index in [0.717, 1.165) is 5.56 Å². The van der Waals surface area contributed by atoms with E-state index in [1.54, 1.807) is 32.0 Å². The highest BCUT2D eigenvalue weighted by atomic mass is 35.5. The van der Waals surface area contributed by atoms with E-state index in [1.807, 2.05) is 0 Å². The van der Waals surface area contributed by atoms with Crippen LogP contribution in [0.25, 0.3) is 11.1 Å². The molecule has 0 atom stereocenters. The maximum absolute atomic E-state index is 12.3. The predicted octanol–water partition coefficient (Wildman–Crippen LogP) is 2.29. The number of aryl methyl sites for hydroxylation is 1. The molecule has 0 fully saturated rings. The van der Waals surface area contributed by atoms with Crippen LogP contribution in [0.1, 0.15) is 11.3 Å². The van der Waals surface area contributed by atoms with E-state index < -0.39 is 0 Å². The summed E-state index contributed by atoms with van der Waals surface area (Å²) >= 11 is 6.02. The Hall–Kier alpha value is -2.67. The van der Waals surface area contributed by atoms with Gasteiger partial charge in [0, 0.05) is 10.7 Å². The van der Waals surface area contributed by atoms with Gasteiger partial charge >= 0.3 is 0 Å². The van der Waals surface area contributed by atoms with Crippen LogP contribution in [0, 0.1) is 13.8 Å². The van der Waals surface area contributed by atoms with E-state index >= 15 is 0 Å². The molecule has 118 valence electrons. The second-order valence-electron chi connectivity index (χ2n) is 5.09. The van der Waals surface area contributed by atoms with Gasteiger partial charge < -0.3 is 9.84 Å². The van der Waals surface area contributed by atoms with Crippen molar-refractivity contribution in [1.29, 1.82) is 0 Å². The summed E-state index contributed by atoms with van der Waals surface area (Å²) in [7, 11) is 0. The number of amides is 1. The number of halogens is 1. The van der Waals surface area contributed by atoms with Gasteiger partial charge in [0.25, 0.3) is 11.3 Å². The predicted molar refractivity (Wildman–Crippen MR) is 85.6 cm³/mol. The number of rotatable bonds is 3. The molecule has 0 aliphatic heterocycles. The molecule has 3 aromatic rings. The average Bonchev–Trinajstić information content (AvgIpc) is 2.89. The van der Waals surface area contributed by atoms with Gasteiger partial charge in [0.1, 0.15) is 18.3 Å². The number of hydrogen-bond acceptors (Lipinski definition) is 5. The summed E-state index contributed by atoms with van der Waals surface area (Å²) in [4.78, 5) is 28.5. The Kier molecular flexibility index (Phi) is 3.87. The first kappa shape index (κ1) is 15.2. The number of hydrogen-bond donors (Lipinski definition) is 1. The Morgan fingerprint density at radius 2 is 2.17 bits per heavy atom. The highest BCUT2D eigenvalue weighted by Gasteiger charge is 2.14. The van der Waals surface area contributed by atoms with Crippen molar-refractivity contribution in [1.82, 2.24) is 14.7 Å². The molecule has 1 N–H and O–H groups in total. The van der Waals surface area contributed by atoms with E-state index in [0.29, 0.717) is 16.4 Å². The van der Waals surface area contributed by atoms with Crippen LogP contribution in [0.3, 0.4) is 0 Å². The number of nitrogens with one attached hydrogen (secondary N) is 1. The van der Waals surface area contributed by atoms with Crippen LogP contribution in [-0.2, 0) is 11.3 Å². The molecule has 0 spiro atoms. The van der Waals surface area contributed by atoms with Crippen molar-refractivity contribution in [2.75, 3.05) is 5.32 Å². The number of benzene rings is 1. The SMILES string of the molecule is Cc1c(Cl)cccc1NC(=O)Cn1cnc2onc(C)c2c1=O. The Balaban J connectivity index is 1.86. The van der Waals surface area contributed by atoms with Gasteiger partial charge in [-0.2, -0.15) is 0 Å². The Labute approximate surface area is 135 Å². The summed E-state index contributed by atoms with van der Waals surface area (Å²) in [6.07, 6.45) is 1.26. The summed E-state index contributed by atoms with van der Waals surface area (Å²) in [6, 6.07) is 5.22. The molecule has 8 heteroatoms. The van der Waals surface area contributed by atoms with Gasteiger partial charge in [-0.15, -0.1) is 0 Å².